The number of hydrogen-bond donors (Lipinski definition) is 1. The fourth-order valence-corrected chi connectivity index (χ4v) is 3.06. The van der Waals surface area contributed by atoms with E-state index in [9.17, 15) is 9.18 Å². The fraction of sp³-hybridized carbons (Fsp3) is 0.611. The number of nitrogens with zero attached hydrogens (tertiary/aromatic N) is 1. The molecule has 1 aliphatic heterocycles. The predicted molar refractivity (Wildman–Crippen MR) is 93.7 cm³/mol. The molecule has 1 unspecified atom stereocenters. The highest BCUT2D eigenvalue weighted by atomic mass is 35.5. The molecule has 2 rings (SSSR count). The Morgan fingerprint density at radius 3 is 2.92 bits per heavy atom. The highest BCUT2D eigenvalue weighted by molar-refractivity contribution is 6.30. The Morgan fingerprint density at radius 1 is 1.46 bits per heavy atom. The van der Waals surface area contributed by atoms with Crippen molar-refractivity contribution in [3.05, 3.63) is 34.6 Å². The predicted octanol–water partition coefficient (Wildman–Crippen LogP) is 4.36. The minimum Gasteiger partial charge on any atom is -0.444 e. The fourth-order valence-electron chi connectivity index (χ4n) is 2.87. The van der Waals surface area contributed by atoms with Crippen LogP contribution in [0.15, 0.2) is 18.2 Å². The maximum Gasteiger partial charge on any atom is 0.410 e. The van der Waals surface area contributed by atoms with E-state index in [4.69, 9.17) is 16.3 Å². The van der Waals surface area contributed by atoms with E-state index in [0.29, 0.717) is 23.7 Å². The number of ether oxygens (including phenoxy) is 1. The van der Waals surface area contributed by atoms with E-state index >= 15 is 0 Å². The summed E-state index contributed by atoms with van der Waals surface area (Å²) < 4.78 is 19.1. The summed E-state index contributed by atoms with van der Waals surface area (Å²) in [7, 11) is 0. The number of likely N-dealkylation sites (tertiary alicyclic amines) is 1. The molecule has 134 valence electrons. The summed E-state index contributed by atoms with van der Waals surface area (Å²) >= 11 is 5.89. The number of hydrogen-bond acceptors (Lipinski definition) is 3. The Morgan fingerprint density at radius 2 is 2.21 bits per heavy atom. The van der Waals surface area contributed by atoms with Gasteiger partial charge in [-0.25, -0.2) is 9.18 Å². The first kappa shape index (κ1) is 19.0. The molecule has 0 aromatic heterocycles. The van der Waals surface area contributed by atoms with Crippen molar-refractivity contribution in [1.29, 1.82) is 0 Å². The molecule has 0 saturated carbocycles. The van der Waals surface area contributed by atoms with Gasteiger partial charge in [-0.15, -0.1) is 0 Å². The zero-order valence-corrected chi connectivity index (χ0v) is 15.3. The topological polar surface area (TPSA) is 41.6 Å². The Kier molecular flexibility index (Phi) is 6.47. The molecule has 24 heavy (non-hydrogen) atoms. The molecule has 0 radical (unpaired) electrons. The van der Waals surface area contributed by atoms with Gasteiger partial charge in [0.2, 0.25) is 0 Å². The van der Waals surface area contributed by atoms with Gasteiger partial charge in [-0.1, -0.05) is 11.6 Å². The van der Waals surface area contributed by atoms with Crippen molar-refractivity contribution in [2.24, 2.45) is 0 Å². The highest BCUT2D eigenvalue weighted by Crippen LogP contribution is 2.23. The number of amides is 1. The van der Waals surface area contributed by atoms with E-state index in [1.807, 2.05) is 25.7 Å². The molecule has 1 N–H and O–H groups in total. The molecule has 1 heterocycles. The van der Waals surface area contributed by atoms with E-state index in [-0.39, 0.29) is 18.0 Å². The van der Waals surface area contributed by atoms with Crippen LogP contribution in [0.1, 0.15) is 45.6 Å². The molecule has 1 aliphatic rings. The van der Waals surface area contributed by atoms with Crippen molar-refractivity contribution in [3.8, 4) is 0 Å². The van der Waals surface area contributed by atoms with Gasteiger partial charge in [0.25, 0.3) is 0 Å². The number of halogens is 2. The third kappa shape index (κ3) is 5.64. The number of benzene rings is 1. The van der Waals surface area contributed by atoms with Gasteiger partial charge in [-0.05, 0) is 64.8 Å². The van der Waals surface area contributed by atoms with E-state index in [2.05, 4.69) is 5.32 Å². The average molecular weight is 357 g/mol. The van der Waals surface area contributed by atoms with Crippen molar-refractivity contribution in [3.63, 3.8) is 0 Å². The summed E-state index contributed by atoms with van der Waals surface area (Å²) in [5.41, 5.74) is 0.0740. The lowest BCUT2D eigenvalue weighted by Gasteiger charge is -2.28. The maximum atomic E-state index is 13.7. The minimum atomic E-state index is -0.480. The van der Waals surface area contributed by atoms with Crippen molar-refractivity contribution in [1.82, 2.24) is 10.2 Å². The minimum absolute atomic E-state index is 0.177. The van der Waals surface area contributed by atoms with Gasteiger partial charge >= 0.3 is 6.09 Å². The quantitative estimate of drug-likeness (QED) is 0.797. The van der Waals surface area contributed by atoms with Crippen LogP contribution >= 0.6 is 11.6 Å². The average Bonchev–Trinajstić information content (AvgIpc) is 2.94. The molecule has 1 aromatic carbocycles. The molecule has 1 fully saturated rings. The highest BCUT2D eigenvalue weighted by Gasteiger charge is 2.31. The van der Waals surface area contributed by atoms with E-state index in [1.54, 1.807) is 6.07 Å². The van der Waals surface area contributed by atoms with Crippen LogP contribution in [-0.4, -0.2) is 35.7 Å². The molecule has 0 bridgehead atoms. The van der Waals surface area contributed by atoms with Crippen molar-refractivity contribution in [2.75, 3.05) is 13.1 Å². The monoisotopic (exact) mass is 356 g/mol. The van der Waals surface area contributed by atoms with Crippen LogP contribution in [0.5, 0.6) is 0 Å². The molecular weight excluding hydrogens is 331 g/mol. The normalized spacial score (nSPS) is 18.0. The second kappa shape index (κ2) is 8.17. The Hall–Kier alpha value is -1.33. The molecule has 1 saturated heterocycles. The number of carbonyl (C=O) groups excluding carboxylic acids is 1. The van der Waals surface area contributed by atoms with Crippen LogP contribution in [0.25, 0.3) is 0 Å². The smallest absolute Gasteiger partial charge is 0.410 e. The van der Waals surface area contributed by atoms with Gasteiger partial charge in [-0.3, -0.25) is 0 Å². The summed E-state index contributed by atoms with van der Waals surface area (Å²) in [4.78, 5) is 14.0. The zero-order valence-electron chi connectivity index (χ0n) is 14.6. The van der Waals surface area contributed by atoms with Crippen molar-refractivity contribution < 1.29 is 13.9 Å². The molecule has 0 aliphatic carbocycles. The summed E-state index contributed by atoms with van der Waals surface area (Å²) in [6.45, 7) is 7.48. The Bertz CT molecular complexity index is 575. The van der Waals surface area contributed by atoms with Crippen LogP contribution in [0.2, 0.25) is 5.02 Å². The summed E-state index contributed by atoms with van der Waals surface area (Å²) in [6, 6.07) is 4.72. The second-order valence-electron chi connectivity index (χ2n) is 7.17. The van der Waals surface area contributed by atoms with Gasteiger partial charge in [-0.2, -0.15) is 0 Å². The lowest BCUT2D eigenvalue weighted by atomic mass is 10.1. The zero-order chi connectivity index (χ0) is 17.7. The van der Waals surface area contributed by atoms with E-state index < -0.39 is 5.60 Å². The number of rotatable bonds is 5. The Labute approximate surface area is 148 Å². The first-order chi connectivity index (χ1) is 11.3. The maximum absolute atomic E-state index is 13.7. The van der Waals surface area contributed by atoms with Crippen LogP contribution in [0.3, 0.4) is 0 Å². The summed E-state index contributed by atoms with van der Waals surface area (Å²) in [5, 5.41) is 3.75. The van der Waals surface area contributed by atoms with Crippen LogP contribution in [0, 0.1) is 5.82 Å². The van der Waals surface area contributed by atoms with Crippen LogP contribution in [-0.2, 0) is 11.3 Å². The molecular formula is C18H26ClFN2O2. The third-order valence-corrected chi connectivity index (χ3v) is 4.22. The standard InChI is InChI=1S/C18H26ClFN2O2/c1-18(2,3)24-17(23)22-10-4-5-15(22)8-9-21-12-13-11-14(19)6-7-16(13)20/h6-7,11,15,21H,4-5,8-10,12H2,1-3H3. The molecule has 1 aromatic rings. The molecule has 1 atom stereocenters. The largest absolute Gasteiger partial charge is 0.444 e. The van der Waals surface area contributed by atoms with Crippen LogP contribution in [0.4, 0.5) is 9.18 Å². The Balaban J connectivity index is 1.79. The molecule has 0 spiro atoms. The molecule has 1 amide bonds. The van der Waals surface area contributed by atoms with Gasteiger partial charge in [0.05, 0.1) is 0 Å². The number of nitrogens with one attached hydrogen (secondary N) is 1. The SMILES string of the molecule is CC(C)(C)OC(=O)N1CCCC1CCNCc1cc(Cl)ccc1F. The first-order valence-corrected chi connectivity index (χ1v) is 8.78. The van der Waals surface area contributed by atoms with Gasteiger partial charge in [0.15, 0.2) is 0 Å². The molecule has 6 heteroatoms. The lowest BCUT2D eigenvalue weighted by molar-refractivity contribution is 0.0220. The van der Waals surface area contributed by atoms with Crippen LogP contribution < -0.4 is 5.32 Å². The van der Waals surface area contributed by atoms with E-state index in [1.165, 1.54) is 12.1 Å². The van der Waals surface area contributed by atoms with Crippen molar-refractivity contribution >= 4 is 17.7 Å². The number of carbonyl (C=O) groups is 1. The molecule has 4 nitrogen and oxygen atoms in total. The van der Waals surface area contributed by atoms with Gasteiger partial charge in [0, 0.05) is 29.7 Å². The first-order valence-electron chi connectivity index (χ1n) is 8.40. The van der Waals surface area contributed by atoms with Crippen molar-refractivity contribution in [2.45, 2.75) is 58.2 Å². The lowest BCUT2D eigenvalue weighted by Crippen LogP contribution is -2.40. The summed E-state index contributed by atoms with van der Waals surface area (Å²) in [6.07, 6.45) is 2.55. The summed E-state index contributed by atoms with van der Waals surface area (Å²) in [5.74, 6) is -0.261. The third-order valence-electron chi connectivity index (χ3n) is 3.98. The van der Waals surface area contributed by atoms with Gasteiger partial charge in [0.1, 0.15) is 11.4 Å². The van der Waals surface area contributed by atoms with Gasteiger partial charge < -0.3 is 15.0 Å². The van der Waals surface area contributed by atoms with E-state index in [0.717, 1.165) is 25.8 Å². The second-order valence-corrected chi connectivity index (χ2v) is 7.61.